The van der Waals surface area contributed by atoms with Crippen molar-refractivity contribution in [2.24, 2.45) is 0 Å². The second-order valence-corrected chi connectivity index (χ2v) is 5.45. The molecule has 0 saturated carbocycles. The van der Waals surface area contributed by atoms with Gasteiger partial charge in [-0.25, -0.2) is 4.79 Å². The molecule has 2 heterocycles. The fourth-order valence-electron chi connectivity index (χ4n) is 3.30. The van der Waals surface area contributed by atoms with E-state index in [1.807, 2.05) is 12.1 Å². The summed E-state index contributed by atoms with van der Waals surface area (Å²) in [4.78, 5) is 16.1. The van der Waals surface area contributed by atoms with Crippen LogP contribution in [0.5, 0.6) is 0 Å². The van der Waals surface area contributed by atoms with E-state index in [0.29, 0.717) is 11.6 Å². The molecule has 0 amide bonds. The van der Waals surface area contributed by atoms with E-state index in [4.69, 9.17) is 0 Å². The maximum atomic E-state index is 11.3. The van der Waals surface area contributed by atoms with Gasteiger partial charge in [0.15, 0.2) is 0 Å². The van der Waals surface area contributed by atoms with E-state index in [-0.39, 0.29) is 0 Å². The Kier molecular flexibility index (Phi) is 3.42. The number of benzene rings is 1. The molecule has 2 aliphatic rings. The maximum Gasteiger partial charge on any atom is 0.337 e. The summed E-state index contributed by atoms with van der Waals surface area (Å²) in [6.07, 6.45) is 3.76. The Morgan fingerprint density at radius 2 is 1.89 bits per heavy atom. The average Bonchev–Trinajstić information content (AvgIpc) is 3.09. The smallest absolute Gasteiger partial charge is 0.337 e. The number of aromatic carboxylic acids is 1. The molecule has 0 radical (unpaired) electrons. The Morgan fingerprint density at radius 1 is 1.16 bits per heavy atom. The number of hydrogen-bond donors (Lipinski definition) is 1. The van der Waals surface area contributed by atoms with E-state index in [9.17, 15) is 9.90 Å². The number of anilines is 1. The highest BCUT2D eigenvalue weighted by Crippen LogP contribution is 2.27. The topological polar surface area (TPSA) is 43.8 Å². The molecule has 1 unspecified atom stereocenters. The highest BCUT2D eigenvalue weighted by atomic mass is 16.4. The first-order valence-corrected chi connectivity index (χ1v) is 7.07. The molecular weight excluding hydrogens is 240 g/mol. The fraction of sp³-hybridized carbons (Fsp3) is 0.533. The van der Waals surface area contributed by atoms with Gasteiger partial charge in [0.1, 0.15) is 0 Å². The van der Waals surface area contributed by atoms with Crippen LogP contribution in [0.1, 0.15) is 29.6 Å². The molecule has 0 spiro atoms. The number of nitrogens with zero attached hydrogens (tertiary/aromatic N) is 2. The molecule has 2 aliphatic heterocycles. The van der Waals surface area contributed by atoms with Gasteiger partial charge in [-0.2, -0.15) is 0 Å². The van der Waals surface area contributed by atoms with Gasteiger partial charge >= 0.3 is 5.97 Å². The van der Waals surface area contributed by atoms with Crippen LogP contribution >= 0.6 is 0 Å². The van der Waals surface area contributed by atoms with Crippen LogP contribution in [0, 0.1) is 0 Å². The lowest BCUT2D eigenvalue weighted by Crippen LogP contribution is -2.35. The second kappa shape index (κ2) is 5.21. The highest BCUT2D eigenvalue weighted by molar-refractivity contribution is 5.94. The Hall–Kier alpha value is -1.55. The Bertz CT molecular complexity index is 469. The predicted octanol–water partition coefficient (Wildman–Crippen LogP) is 2.06. The van der Waals surface area contributed by atoms with E-state index in [1.165, 1.54) is 25.9 Å². The second-order valence-electron chi connectivity index (χ2n) is 5.45. The third kappa shape index (κ3) is 2.45. The van der Waals surface area contributed by atoms with Crippen LogP contribution in [0.4, 0.5) is 5.69 Å². The van der Waals surface area contributed by atoms with Gasteiger partial charge in [0.2, 0.25) is 0 Å². The molecule has 4 nitrogen and oxygen atoms in total. The van der Waals surface area contributed by atoms with E-state index in [0.717, 1.165) is 25.2 Å². The molecule has 2 saturated heterocycles. The zero-order valence-corrected chi connectivity index (χ0v) is 11.1. The van der Waals surface area contributed by atoms with Crippen LogP contribution in [0.2, 0.25) is 0 Å². The van der Waals surface area contributed by atoms with Crippen molar-refractivity contribution in [3.8, 4) is 0 Å². The molecule has 1 aromatic rings. The average molecular weight is 260 g/mol. The summed E-state index contributed by atoms with van der Waals surface area (Å²) >= 11 is 0. The minimum Gasteiger partial charge on any atom is -0.478 e. The lowest BCUT2D eigenvalue weighted by atomic mass is 10.1. The Balaban J connectivity index is 1.75. The lowest BCUT2D eigenvalue weighted by molar-refractivity contribution is 0.0697. The molecule has 19 heavy (non-hydrogen) atoms. The summed E-state index contributed by atoms with van der Waals surface area (Å²) in [6.45, 7) is 4.34. The maximum absolute atomic E-state index is 11.3. The number of carboxylic acids is 1. The molecule has 0 aromatic heterocycles. The van der Waals surface area contributed by atoms with Crippen molar-refractivity contribution in [1.82, 2.24) is 4.90 Å². The fourth-order valence-corrected chi connectivity index (χ4v) is 3.30. The standard InChI is InChI=1S/C15H20N2O2/c18-15(19)13-5-1-2-6-14(13)17-10-7-12(11-17)16-8-3-4-9-16/h1-2,5-6,12H,3-4,7-11H2,(H,18,19). The first-order chi connectivity index (χ1) is 9.25. The summed E-state index contributed by atoms with van der Waals surface area (Å²) in [5.41, 5.74) is 1.29. The SMILES string of the molecule is O=C(O)c1ccccc1N1CCC(N2CCCC2)C1. The molecule has 2 fully saturated rings. The summed E-state index contributed by atoms with van der Waals surface area (Å²) in [5.74, 6) is -0.833. The Morgan fingerprint density at radius 3 is 2.63 bits per heavy atom. The summed E-state index contributed by atoms with van der Waals surface area (Å²) < 4.78 is 0. The molecule has 4 heteroatoms. The zero-order chi connectivity index (χ0) is 13.2. The number of para-hydroxylation sites is 1. The van der Waals surface area contributed by atoms with Crippen LogP contribution in [-0.2, 0) is 0 Å². The van der Waals surface area contributed by atoms with E-state index in [1.54, 1.807) is 12.1 Å². The minimum atomic E-state index is -0.833. The molecule has 102 valence electrons. The third-order valence-corrected chi connectivity index (χ3v) is 4.30. The zero-order valence-electron chi connectivity index (χ0n) is 11.1. The quantitative estimate of drug-likeness (QED) is 0.903. The van der Waals surface area contributed by atoms with E-state index in [2.05, 4.69) is 9.80 Å². The van der Waals surface area contributed by atoms with Crippen molar-refractivity contribution in [1.29, 1.82) is 0 Å². The molecule has 3 rings (SSSR count). The summed E-state index contributed by atoms with van der Waals surface area (Å²) in [5, 5.41) is 9.27. The predicted molar refractivity (Wildman–Crippen MR) is 74.8 cm³/mol. The van der Waals surface area contributed by atoms with E-state index < -0.39 is 5.97 Å². The molecule has 0 aliphatic carbocycles. The monoisotopic (exact) mass is 260 g/mol. The number of carboxylic acid groups (broad SMARTS) is 1. The van der Waals surface area contributed by atoms with Gasteiger partial charge in [0.05, 0.1) is 11.3 Å². The first kappa shape index (κ1) is 12.5. The van der Waals surface area contributed by atoms with Gasteiger partial charge in [-0.3, -0.25) is 4.90 Å². The van der Waals surface area contributed by atoms with Crippen LogP contribution in [0.25, 0.3) is 0 Å². The number of carbonyl (C=O) groups is 1. The number of hydrogen-bond acceptors (Lipinski definition) is 3. The van der Waals surface area contributed by atoms with Gasteiger partial charge in [0.25, 0.3) is 0 Å². The van der Waals surface area contributed by atoms with Gasteiger partial charge in [-0.1, -0.05) is 12.1 Å². The van der Waals surface area contributed by atoms with Crippen molar-refractivity contribution in [2.75, 3.05) is 31.1 Å². The Labute approximate surface area is 113 Å². The largest absolute Gasteiger partial charge is 0.478 e. The van der Waals surface area contributed by atoms with Crippen LogP contribution < -0.4 is 4.90 Å². The van der Waals surface area contributed by atoms with Crippen molar-refractivity contribution >= 4 is 11.7 Å². The van der Waals surface area contributed by atoms with Crippen molar-refractivity contribution in [3.63, 3.8) is 0 Å². The van der Waals surface area contributed by atoms with E-state index >= 15 is 0 Å². The lowest BCUT2D eigenvalue weighted by Gasteiger charge is -2.25. The molecule has 1 atom stereocenters. The molecular formula is C15H20N2O2. The van der Waals surface area contributed by atoms with Gasteiger partial charge in [0, 0.05) is 19.1 Å². The van der Waals surface area contributed by atoms with Gasteiger partial charge < -0.3 is 10.0 Å². The number of likely N-dealkylation sites (tertiary alicyclic amines) is 1. The van der Waals surface area contributed by atoms with Crippen LogP contribution in [0.15, 0.2) is 24.3 Å². The van der Waals surface area contributed by atoms with Crippen molar-refractivity contribution < 1.29 is 9.90 Å². The van der Waals surface area contributed by atoms with Crippen LogP contribution in [0.3, 0.4) is 0 Å². The molecule has 1 N–H and O–H groups in total. The molecule has 1 aromatic carbocycles. The minimum absolute atomic E-state index is 0.421. The third-order valence-electron chi connectivity index (χ3n) is 4.30. The van der Waals surface area contributed by atoms with Crippen molar-refractivity contribution in [3.05, 3.63) is 29.8 Å². The van der Waals surface area contributed by atoms with Gasteiger partial charge in [-0.05, 0) is 44.5 Å². The number of rotatable bonds is 3. The summed E-state index contributed by atoms with van der Waals surface area (Å²) in [7, 11) is 0. The summed E-state index contributed by atoms with van der Waals surface area (Å²) in [6, 6.07) is 7.94. The van der Waals surface area contributed by atoms with Crippen molar-refractivity contribution in [2.45, 2.75) is 25.3 Å². The van der Waals surface area contributed by atoms with Gasteiger partial charge in [-0.15, -0.1) is 0 Å². The normalized spacial score (nSPS) is 24.0. The first-order valence-electron chi connectivity index (χ1n) is 7.07. The van der Waals surface area contributed by atoms with Crippen LogP contribution in [-0.4, -0.2) is 48.2 Å². The highest BCUT2D eigenvalue weighted by Gasteiger charge is 2.30. The molecule has 0 bridgehead atoms.